The number of nitrogens with one attached hydrogen (secondary N) is 1. The van der Waals surface area contributed by atoms with Crippen LogP contribution in [0.5, 0.6) is 0 Å². The molecule has 0 aromatic heterocycles. The quantitative estimate of drug-likeness (QED) is 0.832. The van der Waals surface area contributed by atoms with Crippen molar-refractivity contribution in [3.8, 4) is 0 Å². The van der Waals surface area contributed by atoms with E-state index in [2.05, 4.69) is 5.32 Å². The Labute approximate surface area is 111 Å². The minimum absolute atomic E-state index is 0. The van der Waals surface area contributed by atoms with E-state index >= 15 is 0 Å². The molecule has 8 heteroatoms. The molecule has 1 aliphatic heterocycles. The number of amides is 1. The summed E-state index contributed by atoms with van der Waals surface area (Å²) in [6.07, 6.45) is -3.42. The van der Waals surface area contributed by atoms with Gasteiger partial charge in [0.25, 0.3) is 0 Å². The van der Waals surface area contributed by atoms with Gasteiger partial charge in [0.1, 0.15) is 6.54 Å². The fourth-order valence-electron chi connectivity index (χ4n) is 1.73. The monoisotopic (exact) mass is 289 g/mol. The highest BCUT2D eigenvalue weighted by Crippen LogP contribution is 2.15. The van der Waals surface area contributed by atoms with Crippen LogP contribution >= 0.6 is 12.4 Å². The van der Waals surface area contributed by atoms with Gasteiger partial charge in [-0.3, -0.25) is 9.69 Å². The lowest BCUT2D eigenvalue weighted by atomic mass is 10.3. The van der Waals surface area contributed by atoms with E-state index in [0.29, 0.717) is 6.54 Å². The molecular formula is C10H19ClF3N3O. The number of likely N-dealkylation sites (N-methyl/N-ethyl adjacent to an activating group) is 1. The molecule has 1 heterocycles. The number of carbonyl (C=O) groups excluding carboxylic acids is 1. The van der Waals surface area contributed by atoms with E-state index in [1.165, 1.54) is 7.05 Å². The Morgan fingerprint density at radius 3 is 2.61 bits per heavy atom. The van der Waals surface area contributed by atoms with Gasteiger partial charge in [-0.2, -0.15) is 13.2 Å². The molecule has 0 spiro atoms. The van der Waals surface area contributed by atoms with Gasteiger partial charge in [-0.15, -0.1) is 12.4 Å². The van der Waals surface area contributed by atoms with Gasteiger partial charge in [0.05, 0.1) is 6.54 Å². The van der Waals surface area contributed by atoms with Crippen LogP contribution in [-0.4, -0.2) is 68.2 Å². The molecule has 0 aromatic carbocycles. The molecule has 1 fully saturated rings. The minimum Gasteiger partial charge on any atom is -0.336 e. The lowest BCUT2D eigenvalue weighted by Gasteiger charge is -2.24. The third-order valence-corrected chi connectivity index (χ3v) is 2.63. The van der Waals surface area contributed by atoms with Crippen LogP contribution in [0.15, 0.2) is 0 Å². The number of halogens is 4. The SMILES string of the molecule is CN(CC(F)(F)F)C(=O)CN1CCCNCC1.Cl. The molecule has 0 radical (unpaired) electrons. The molecular weight excluding hydrogens is 271 g/mol. The van der Waals surface area contributed by atoms with Crippen LogP contribution in [0, 0.1) is 0 Å². The maximum absolute atomic E-state index is 12.1. The Morgan fingerprint density at radius 1 is 1.33 bits per heavy atom. The summed E-state index contributed by atoms with van der Waals surface area (Å²) in [6, 6.07) is 0. The van der Waals surface area contributed by atoms with Gasteiger partial charge in [-0.25, -0.2) is 0 Å². The molecule has 4 nitrogen and oxygen atoms in total. The van der Waals surface area contributed by atoms with Crippen molar-refractivity contribution in [3.05, 3.63) is 0 Å². The number of carbonyl (C=O) groups is 1. The van der Waals surface area contributed by atoms with Crippen molar-refractivity contribution in [3.63, 3.8) is 0 Å². The Hall–Kier alpha value is -0.530. The largest absolute Gasteiger partial charge is 0.406 e. The zero-order chi connectivity index (χ0) is 12.9. The number of hydrogen-bond donors (Lipinski definition) is 1. The van der Waals surface area contributed by atoms with E-state index < -0.39 is 18.6 Å². The predicted octanol–water partition coefficient (Wildman–Crippen LogP) is 0.724. The summed E-state index contributed by atoms with van der Waals surface area (Å²) >= 11 is 0. The minimum atomic E-state index is -4.33. The second kappa shape index (κ2) is 7.81. The highest BCUT2D eigenvalue weighted by Gasteiger charge is 2.31. The highest BCUT2D eigenvalue weighted by molar-refractivity contribution is 5.85. The fraction of sp³-hybridized carbons (Fsp3) is 0.900. The molecule has 1 aliphatic rings. The van der Waals surface area contributed by atoms with Crippen LogP contribution in [0.1, 0.15) is 6.42 Å². The lowest BCUT2D eigenvalue weighted by Crippen LogP contribution is -2.43. The van der Waals surface area contributed by atoms with Crippen LogP contribution in [0.3, 0.4) is 0 Å². The van der Waals surface area contributed by atoms with Crippen LogP contribution in [0.25, 0.3) is 0 Å². The number of nitrogens with zero attached hydrogens (tertiary/aromatic N) is 2. The average Bonchev–Trinajstić information content (AvgIpc) is 2.43. The number of hydrogen-bond acceptors (Lipinski definition) is 3. The number of alkyl halides is 3. The van der Waals surface area contributed by atoms with Gasteiger partial charge in [0.15, 0.2) is 0 Å². The Morgan fingerprint density at radius 2 is 2.00 bits per heavy atom. The molecule has 1 rings (SSSR count). The third-order valence-electron chi connectivity index (χ3n) is 2.63. The van der Waals surface area contributed by atoms with Crippen molar-refractivity contribution in [2.75, 3.05) is 46.3 Å². The first kappa shape index (κ1) is 17.5. The van der Waals surface area contributed by atoms with E-state index in [1.807, 2.05) is 4.90 Å². The summed E-state index contributed by atoms with van der Waals surface area (Å²) in [4.78, 5) is 14.2. The van der Waals surface area contributed by atoms with Crippen molar-refractivity contribution in [2.45, 2.75) is 12.6 Å². The molecule has 0 aliphatic carbocycles. The molecule has 1 N–H and O–H groups in total. The summed E-state index contributed by atoms with van der Waals surface area (Å²) in [5, 5.41) is 3.17. The van der Waals surface area contributed by atoms with E-state index in [4.69, 9.17) is 0 Å². The van der Waals surface area contributed by atoms with Gasteiger partial charge in [-0.1, -0.05) is 0 Å². The summed E-state index contributed by atoms with van der Waals surface area (Å²) in [5.41, 5.74) is 0. The lowest BCUT2D eigenvalue weighted by molar-refractivity contribution is -0.159. The zero-order valence-electron chi connectivity index (χ0n) is 10.3. The third kappa shape index (κ3) is 7.03. The van der Waals surface area contributed by atoms with E-state index in [9.17, 15) is 18.0 Å². The molecule has 108 valence electrons. The first-order valence-corrected chi connectivity index (χ1v) is 5.62. The molecule has 0 bridgehead atoms. The average molecular weight is 290 g/mol. The predicted molar refractivity (Wildman–Crippen MR) is 64.9 cm³/mol. The van der Waals surface area contributed by atoms with Crippen LogP contribution in [-0.2, 0) is 4.79 Å². The first-order valence-electron chi connectivity index (χ1n) is 5.62. The Bertz CT molecular complexity index is 255. The van der Waals surface area contributed by atoms with E-state index in [-0.39, 0.29) is 19.0 Å². The molecule has 1 amide bonds. The van der Waals surface area contributed by atoms with E-state index in [1.54, 1.807) is 0 Å². The van der Waals surface area contributed by atoms with E-state index in [0.717, 1.165) is 31.0 Å². The second-order valence-electron chi connectivity index (χ2n) is 4.24. The smallest absolute Gasteiger partial charge is 0.336 e. The number of rotatable bonds is 3. The maximum atomic E-state index is 12.1. The van der Waals surface area contributed by atoms with Crippen molar-refractivity contribution >= 4 is 18.3 Å². The van der Waals surface area contributed by atoms with Crippen LogP contribution in [0.4, 0.5) is 13.2 Å². The summed E-state index contributed by atoms with van der Waals surface area (Å²) < 4.78 is 36.3. The molecule has 18 heavy (non-hydrogen) atoms. The Kier molecular flexibility index (Phi) is 7.58. The van der Waals surface area contributed by atoms with Crippen LogP contribution in [0.2, 0.25) is 0 Å². The van der Waals surface area contributed by atoms with Crippen molar-refractivity contribution in [1.82, 2.24) is 15.1 Å². The molecule has 1 saturated heterocycles. The summed E-state index contributed by atoms with van der Waals surface area (Å²) in [7, 11) is 1.19. The van der Waals surface area contributed by atoms with Crippen molar-refractivity contribution < 1.29 is 18.0 Å². The fourth-order valence-corrected chi connectivity index (χ4v) is 1.73. The van der Waals surface area contributed by atoms with Gasteiger partial charge in [0, 0.05) is 20.1 Å². The Balaban J connectivity index is 0.00000289. The maximum Gasteiger partial charge on any atom is 0.406 e. The first-order chi connectivity index (χ1) is 7.88. The summed E-state index contributed by atoms with van der Waals surface area (Å²) in [5.74, 6) is -0.482. The zero-order valence-corrected chi connectivity index (χ0v) is 11.1. The summed E-state index contributed by atoms with van der Waals surface area (Å²) in [6.45, 7) is 2.00. The van der Waals surface area contributed by atoms with Gasteiger partial charge >= 0.3 is 6.18 Å². The van der Waals surface area contributed by atoms with Crippen molar-refractivity contribution in [2.24, 2.45) is 0 Å². The van der Waals surface area contributed by atoms with Gasteiger partial charge in [0.2, 0.25) is 5.91 Å². The molecule has 0 aromatic rings. The van der Waals surface area contributed by atoms with Crippen molar-refractivity contribution in [1.29, 1.82) is 0 Å². The van der Waals surface area contributed by atoms with Gasteiger partial charge in [-0.05, 0) is 19.5 Å². The van der Waals surface area contributed by atoms with Gasteiger partial charge < -0.3 is 10.2 Å². The molecule has 0 saturated carbocycles. The molecule has 0 unspecified atom stereocenters. The topological polar surface area (TPSA) is 35.6 Å². The standard InChI is InChI=1S/C10H18F3N3O.ClH/c1-15(8-10(11,12)13)9(17)7-16-5-2-3-14-4-6-16;/h14H,2-8H2,1H3;1H. The normalized spacial score (nSPS) is 17.8. The highest BCUT2D eigenvalue weighted by atomic mass is 35.5. The van der Waals surface area contributed by atoms with Crippen LogP contribution < -0.4 is 5.32 Å². The second-order valence-corrected chi connectivity index (χ2v) is 4.24. The molecule has 0 atom stereocenters.